The molecule has 138 valence electrons. The fourth-order valence-electron chi connectivity index (χ4n) is 2.97. The van der Waals surface area contributed by atoms with Crippen LogP contribution in [0, 0.1) is 0 Å². The van der Waals surface area contributed by atoms with Crippen molar-refractivity contribution in [2.75, 3.05) is 6.61 Å². The van der Waals surface area contributed by atoms with Crippen LogP contribution in [0.5, 0.6) is 0 Å². The van der Waals surface area contributed by atoms with Crippen LogP contribution < -0.4 is 5.32 Å². The highest BCUT2D eigenvalue weighted by Gasteiger charge is 2.22. The number of hydrogen-bond acceptors (Lipinski definition) is 2. The third-order valence-electron chi connectivity index (χ3n) is 4.37. The highest BCUT2D eigenvalue weighted by Crippen LogP contribution is 2.22. The lowest BCUT2D eigenvalue weighted by Crippen LogP contribution is -2.36. The van der Waals surface area contributed by atoms with Crippen LogP contribution in [0.1, 0.15) is 52.0 Å². The van der Waals surface area contributed by atoms with Crippen molar-refractivity contribution in [1.82, 2.24) is 5.32 Å². The molecular weight excluding hydrogens is 306 g/mol. The average molecular weight is 342 g/mol. The van der Waals surface area contributed by atoms with Crippen LogP contribution in [-0.2, 0) is 11.3 Å². The smallest absolute Gasteiger partial charge is 0.0717 e. The minimum atomic E-state index is 0.365. The predicted octanol–water partition coefficient (Wildman–Crippen LogP) is 5.82. The Kier molecular flexibility index (Phi) is 11.7. The molecule has 0 aliphatic heterocycles. The quantitative estimate of drug-likeness (QED) is 0.602. The van der Waals surface area contributed by atoms with Crippen molar-refractivity contribution < 1.29 is 4.74 Å². The summed E-state index contributed by atoms with van der Waals surface area (Å²) in [5, 5.41) is 3.68. The number of ether oxygens (including phenoxy) is 1. The van der Waals surface area contributed by atoms with E-state index in [0.717, 1.165) is 13.0 Å². The summed E-state index contributed by atoms with van der Waals surface area (Å²) in [4.78, 5) is 0. The molecule has 0 saturated heterocycles. The largest absolute Gasteiger partial charge is 0.373 e. The van der Waals surface area contributed by atoms with Gasteiger partial charge in [-0.25, -0.2) is 0 Å². The van der Waals surface area contributed by atoms with Gasteiger partial charge in [0.2, 0.25) is 0 Å². The topological polar surface area (TPSA) is 21.3 Å². The molecule has 0 heterocycles. The van der Waals surface area contributed by atoms with Crippen molar-refractivity contribution in [2.24, 2.45) is 0 Å². The molecule has 1 aliphatic carbocycles. The molecule has 1 N–H and O–H groups in total. The highest BCUT2D eigenvalue weighted by molar-refractivity contribution is 5.21. The molecular formula is C23H35NO. The van der Waals surface area contributed by atoms with Crippen molar-refractivity contribution in [1.29, 1.82) is 0 Å². The van der Waals surface area contributed by atoms with Crippen LogP contribution in [0.3, 0.4) is 0 Å². The monoisotopic (exact) mass is 341 g/mol. The summed E-state index contributed by atoms with van der Waals surface area (Å²) in [5.74, 6) is 0. The van der Waals surface area contributed by atoms with Gasteiger partial charge in [-0.15, -0.1) is 0 Å². The summed E-state index contributed by atoms with van der Waals surface area (Å²) in [7, 11) is 0. The average Bonchev–Trinajstić information content (AvgIpc) is 2.69. The number of nitrogens with one attached hydrogen (secondary N) is 1. The van der Waals surface area contributed by atoms with Crippen molar-refractivity contribution in [3.05, 3.63) is 72.4 Å². The first kappa shape index (κ1) is 21.4. The van der Waals surface area contributed by atoms with Crippen molar-refractivity contribution >= 4 is 0 Å². The maximum atomic E-state index is 6.12. The Balaban J connectivity index is 0.00000151. The molecule has 1 saturated carbocycles. The first-order valence-corrected chi connectivity index (χ1v) is 9.65. The molecule has 2 nitrogen and oxygen atoms in total. The minimum absolute atomic E-state index is 0.365. The van der Waals surface area contributed by atoms with Gasteiger partial charge >= 0.3 is 0 Å². The zero-order valence-corrected chi connectivity index (χ0v) is 16.2. The summed E-state index contributed by atoms with van der Waals surface area (Å²) >= 11 is 0. The molecule has 2 unspecified atom stereocenters. The Morgan fingerprint density at radius 3 is 2.68 bits per heavy atom. The van der Waals surface area contributed by atoms with E-state index in [4.69, 9.17) is 4.74 Å². The number of benzene rings is 1. The highest BCUT2D eigenvalue weighted by atomic mass is 16.5. The molecule has 1 aromatic carbocycles. The first-order valence-electron chi connectivity index (χ1n) is 9.65. The molecule has 1 fully saturated rings. The molecule has 1 aliphatic rings. The Labute approximate surface area is 154 Å². The normalized spacial score (nSPS) is 20.8. The number of allylic oxidation sites excluding steroid dienone is 3. The Morgan fingerprint density at radius 1 is 1.24 bits per heavy atom. The second kappa shape index (κ2) is 13.6. The van der Waals surface area contributed by atoms with Gasteiger partial charge in [0.1, 0.15) is 0 Å². The summed E-state index contributed by atoms with van der Waals surface area (Å²) in [6.07, 6.45) is 13.1. The molecule has 25 heavy (non-hydrogen) atoms. The molecule has 2 atom stereocenters. The zero-order valence-electron chi connectivity index (χ0n) is 16.2. The van der Waals surface area contributed by atoms with Crippen LogP contribution >= 0.6 is 0 Å². The number of rotatable bonds is 8. The third kappa shape index (κ3) is 8.85. The SMILES string of the molecule is C=C/C=C\C(=C/C)COC1CCCC(NCc2ccccc2)C1.CC. The van der Waals surface area contributed by atoms with Gasteiger partial charge in [-0.3, -0.25) is 0 Å². The fraction of sp³-hybridized carbons (Fsp3) is 0.478. The van der Waals surface area contributed by atoms with E-state index in [9.17, 15) is 0 Å². The van der Waals surface area contributed by atoms with Gasteiger partial charge in [0.25, 0.3) is 0 Å². The molecule has 0 aromatic heterocycles. The van der Waals surface area contributed by atoms with Crippen molar-refractivity contribution in [3.8, 4) is 0 Å². The maximum absolute atomic E-state index is 6.12. The Morgan fingerprint density at radius 2 is 2.00 bits per heavy atom. The molecule has 0 bridgehead atoms. The summed E-state index contributed by atoms with van der Waals surface area (Å²) < 4.78 is 6.12. The molecule has 1 aromatic rings. The van der Waals surface area contributed by atoms with Crippen LogP contribution in [0.4, 0.5) is 0 Å². The van der Waals surface area contributed by atoms with Crippen molar-refractivity contribution in [2.45, 2.75) is 65.1 Å². The fourth-order valence-corrected chi connectivity index (χ4v) is 2.97. The van der Waals surface area contributed by atoms with E-state index < -0.39 is 0 Å². The van der Waals surface area contributed by atoms with E-state index >= 15 is 0 Å². The van der Waals surface area contributed by atoms with Crippen LogP contribution in [0.2, 0.25) is 0 Å². The van der Waals surface area contributed by atoms with Gasteiger partial charge in [-0.2, -0.15) is 0 Å². The zero-order chi connectivity index (χ0) is 18.3. The molecule has 0 amide bonds. The van der Waals surface area contributed by atoms with E-state index in [1.54, 1.807) is 6.08 Å². The van der Waals surface area contributed by atoms with E-state index in [0.29, 0.717) is 18.8 Å². The number of hydrogen-bond donors (Lipinski definition) is 1. The lowest BCUT2D eigenvalue weighted by molar-refractivity contribution is 0.0335. The first-order chi connectivity index (χ1) is 12.3. The predicted molar refractivity (Wildman–Crippen MR) is 110 cm³/mol. The van der Waals surface area contributed by atoms with Crippen LogP contribution in [-0.4, -0.2) is 18.8 Å². The standard InChI is InChI=1S/C21H29NO.C2H6/c1-3-5-10-18(4-2)17-23-21-14-9-13-20(15-21)22-16-19-11-7-6-8-12-19;1-2/h3-8,10-12,20-22H,1,9,13-17H2,2H3;1-2H3/b10-5-,18-4+;. The van der Waals surface area contributed by atoms with E-state index in [-0.39, 0.29) is 0 Å². The summed E-state index contributed by atoms with van der Waals surface area (Å²) in [6, 6.07) is 11.2. The molecule has 0 spiro atoms. The lowest BCUT2D eigenvalue weighted by Gasteiger charge is -2.30. The van der Waals surface area contributed by atoms with Gasteiger partial charge in [0.05, 0.1) is 12.7 Å². The van der Waals surface area contributed by atoms with Crippen LogP contribution in [0.25, 0.3) is 0 Å². The summed E-state index contributed by atoms with van der Waals surface area (Å²) in [5.41, 5.74) is 2.56. The second-order valence-corrected chi connectivity index (χ2v) is 6.12. The lowest BCUT2D eigenvalue weighted by atomic mass is 9.92. The van der Waals surface area contributed by atoms with E-state index in [2.05, 4.69) is 61.3 Å². The van der Waals surface area contributed by atoms with E-state index in [1.165, 1.54) is 30.4 Å². The van der Waals surface area contributed by atoms with Gasteiger partial charge in [0.15, 0.2) is 0 Å². The minimum Gasteiger partial charge on any atom is -0.373 e. The molecule has 0 radical (unpaired) electrons. The second-order valence-electron chi connectivity index (χ2n) is 6.12. The molecule has 2 rings (SSSR count). The van der Waals surface area contributed by atoms with Crippen LogP contribution in [0.15, 0.2) is 66.8 Å². The molecule has 2 heteroatoms. The van der Waals surface area contributed by atoms with E-state index in [1.807, 2.05) is 19.9 Å². The Bertz CT molecular complexity index is 518. The van der Waals surface area contributed by atoms with Gasteiger partial charge in [0, 0.05) is 12.6 Å². The van der Waals surface area contributed by atoms with Gasteiger partial charge in [-0.05, 0) is 43.7 Å². The van der Waals surface area contributed by atoms with Crippen molar-refractivity contribution in [3.63, 3.8) is 0 Å². The Hall–Kier alpha value is -1.64. The van der Waals surface area contributed by atoms with Gasteiger partial charge in [-0.1, -0.05) is 75.1 Å². The summed E-state index contributed by atoms with van der Waals surface area (Å²) in [6.45, 7) is 11.4. The maximum Gasteiger partial charge on any atom is 0.0717 e. The van der Waals surface area contributed by atoms with Gasteiger partial charge < -0.3 is 10.1 Å². The third-order valence-corrected chi connectivity index (χ3v) is 4.37.